The maximum absolute atomic E-state index is 12.9. The lowest BCUT2D eigenvalue weighted by atomic mass is 10.3. The van der Waals surface area contributed by atoms with Crippen LogP contribution < -0.4 is 0 Å². The van der Waals surface area contributed by atoms with Crippen molar-refractivity contribution in [3.8, 4) is 0 Å². The fourth-order valence-electron chi connectivity index (χ4n) is 0.972. The fraction of sp³-hybridized carbons (Fsp3) is 0.143. The van der Waals surface area contributed by atoms with Gasteiger partial charge < -0.3 is 0 Å². The molecule has 14 heavy (non-hydrogen) atoms. The summed E-state index contributed by atoms with van der Waals surface area (Å²) < 4.78 is 35.0. The minimum atomic E-state index is -3.78. The van der Waals surface area contributed by atoms with E-state index in [1.807, 2.05) is 0 Å². The lowest BCUT2D eigenvalue weighted by Crippen LogP contribution is -2.04. The van der Waals surface area contributed by atoms with Crippen LogP contribution in [0.3, 0.4) is 0 Å². The summed E-state index contributed by atoms with van der Waals surface area (Å²) in [7, 11) is -3.78. The quantitative estimate of drug-likeness (QED) is 0.552. The number of hydrogen-bond donors (Lipinski definition) is 0. The Bertz CT molecular complexity index is 482. The first-order valence-electron chi connectivity index (χ1n) is 3.47. The number of halogens is 1. The van der Waals surface area contributed by atoms with Gasteiger partial charge in [-0.1, -0.05) is 6.07 Å². The highest BCUT2D eigenvalue weighted by Crippen LogP contribution is 2.26. The number of benzene rings is 1. The van der Waals surface area contributed by atoms with E-state index in [4.69, 9.17) is 0 Å². The Balaban J connectivity index is 3.61. The highest BCUT2D eigenvalue weighted by Gasteiger charge is 2.25. The van der Waals surface area contributed by atoms with Crippen LogP contribution in [-0.2, 0) is 9.84 Å². The minimum absolute atomic E-state index is 0.609. The van der Waals surface area contributed by atoms with Crippen LogP contribution >= 0.6 is 0 Å². The van der Waals surface area contributed by atoms with Crippen molar-refractivity contribution in [2.75, 3.05) is 6.26 Å². The zero-order valence-electron chi connectivity index (χ0n) is 7.10. The molecule has 0 saturated heterocycles. The molecule has 0 aromatic heterocycles. The van der Waals surface area contributed by atoms with Crippen molar-refractivity contribution in [3.63, 3.8) is 0 Å². The number of hydrogen-bond acceptors (Lipinski definition) is 4. The van der Waals surface area contributed by atoms with Crippen LogP contribution in [0.1, 0.15) is 0 Å². The van der Waals surface area contributed by atoms with Gasteiger partial charge in [0.1, 0.15) is 4.90 Å². The summed E-state index contributed by atoms with van der Waals surface area (Å²) in [4.78, 5) is 8.73. The molecule has 0 spiro atoms. The van der Waals surface area contributed by atoms with Crippen LogP contribution in [0.2, 0.25) is 0 Å². The largest absolute Gasteiger partial charge is 0.323 e. The number of rotatable bonds is 2. The molecule has 0 saturated carbocycles. The van der Waals surface area contributed by atoms with Gasteiger partial charge in [-0.25, -0.2) is 8.42 Å². The maximum Gasteiger partial charge on any atom is 0.323 e. The summed E-state index contributed by atoms with van der Waals surface area (Å²) in [5.41, 5.74) is -1.00. The number of para-hydroxylation sites is 1. The predicted molar refractivity (Wildman–Crippen MR) is 46.2 cm³/mol. The first kappa shape index (κ1) is 10.6. The van der Waals surface area contributed by atoms with Crippen molar-refractivity contribution in [2.45, 2.75) is 4.90 Å². The van der Waals surface area contributed by atoms with Crippen molar-refractivity contribution < 1.29 is 17.7 Å². The number of nitrogens with zero attached hydrogens (tertiary/aromatic N) is 1. The van der Waals surface area contributed by atoms with Gasteiger partial charge in [-0.3, -0.25) is 10.1 Å². The summed E-state index contributed by atoms with van der Waals surface area (Å²) in [5.74, 6) is -1.15. The molecule has 0 aliphatic heterocycles. The molecular weight excluding hydrogens is 213 g/mol. The molecular formula is C7H6FNO4S. The van der Waals surface area contributed by atoms with Gasteiger partial charge in [0, 0.05) is 6.26 Å². The van der Waals surface area contributed by atoms with E-state index in [2.05, 4.69) is 0 Å². The molecule has 5 nitrogen and oxygen atoms in total. The van der Waals surface area contributed by atoms with E-state index >= 15 is 0 Å². The van der Waals surface area contributed by atoms with Crippen LogP contribution in [0.5, 0.6) is 0 Å². The molecule has 0 heterocycles. The molecule has 76 valence electrons. The van der Waals surface area contributed by atoms with E-state index in [0.717, 1.165) is 24.5 Å². The smallest absolute Gasteiger partial charge is 0.258 e. The van der Waals surface area contributed by atoms with E-state index in [1.54, 1.807) is 0 Å². The Kier molecular flexibility index (Phi) is 2.52. The van der Waals surface area contributed by atoms with Crippen molar-refractivity contribution in [2.24, 2.45) is 0 Å². The van der Waals surface area contributed by atoms with E-state index < -0.39 is 31.2 Å². The van der Waals surface area contributed by atoms with Gasteiger partial charge in [0.05, 0.1) is 4.92 Å². The molecule has 0 aliphatic rings. The normalized spacial score (nSPS) is 11.3. The lowest BCUT2D eigenvalue weighted by molar-refractivity contribution is -0.390. The molecule has 0 radical (unpaired) electrons. The van der Waals surface area contributed by atoms with Crippen molar-refractivity contribution in [3.05, 3.63) is 34.1 Å². The SMILES string of the molecule is CS(=O)(=O)c1cccc(F)c1[N+](=O)[O-]. The second-order valence-electron chi connectivity index (χ2n) is 2.62. The second-order valence-corrected chi connectivity index (χ2v) is 4.60. The summed E-state index contributed by atoms with van der Waals surface area (Å²) in [6.45, 7) is 0. The maximum atomic E-state index is 12.9. The second kappa shape index (κ2) is 3.33. The van der Waals surface area contributed by atoms with Crippen molar-refractivity contribution >= 4 is 15.5 Å². The van der Waals surface area contributed by atoms with Gasteiger partial charge in [-0.15, -0.1) is 0 Å². The lowest BCUT2D eigenvalue weighted by Gasteiger charge is -2.00. The highest BCUT2D eigenvalue weighted by molar-refractivity contribution is 7.90. The van der Waals surface area contributed by atoms with Crippen molar-refractivity contribution in [1.29, 1.82) is 0 Å². The Morgan fingerprint density at radius 3 is 2.36 bits per heavy atom. The average Bonchev–Trinajstić information content (AvgIpc) is 2.01. The molecule has 1 rings (SSSR count). The molecule has 1 aromatic rings. The summed E-state index contributed by atoms with van der Waals surface area (Å²) in [6, 6.07) is 2.95. The fourth-order valence-corrected chi connectivity index (χ4v) is 1.82. The molecule has 0 fully saturated rings. The molecule has 7 heteroatoms. The summed E-state index contributed by atoms with van der Waals surface area (Å²) in [6.07, 6.45) is 0.786. The first-order valence-corrected chi connectivity index (χ1v) is 5.36. The van der Waals surface area contributed by atoms with Gasteiger partial charge in [0.15, 0.2) is 9.84 Å². The average molecular weight is 219 g/mol. The molecule has 0 bridgehead atoms. The third-order valence-electron chi connectivity index (χ3n) is 1.53. The van der Waals surface area contributed by atoms with Gasteiger partial charge in [-0.2, -0.15) is 4.39 Å². The molecule has 0 aliphatic carbocycles. The Labute approximate surface area is 79.2 Å². The van der Waals surface area contributed by atoms with E-state index in [0.29, 0.717) is 0 Å². The van der Waals surface area contributed by atoms with Crippen LogP contribution in [0.15, 0.2) is 23.1 Å². The predicted octanol–water partition coefficient (Wildman–Crippen LogP) is 1.14. The minimum Gasteiger partial charge on any atom is -0.258 e. The van der Waals surface area contributed by atoms with Gasteiger partial charge in [0.25, 0.3) is 0 Å². The summed E-state index contributed by atoms with van der Waals surface area (Å²) >= 11 is 0. The van der Waals surface area contributed by atoms with Crippen LogP contribution in [0.4, 0.5) is 10.1 Å². The molecule has 1 aromatic carbocycles. The molecule has 0 N–H and O–H groups in total. The molecule has 0 amide bonds. The van der Waals surface area contributed by atoms with Crippen LogP contribution in [0, 0.1) is 15.9 Å². The van der Waals surface area contributed by atoms with E-state index in [1.165, 1.54) is 0 Å². The van der Waals surface area contributed by atoms with Crippen molar-refractivity contribution in [1.82, 2.24) is 0 Å². The standard InChI is InChI=1S/C7H6FNO4S/c1-14(12,13)6-4-2-3-5(8)7(6)9(10)11/h2-4H,1H3. The van der Waals surface area contributed by atoms with E-state index in [9.17, 15) is 22.9 Å². The van der Waals surface area contributed by atoms with Gasteiger partial charge in [-0.05, 0) is 12.1 Å². The zero-order valence-corrected chi connectivity index (χ0v) is 7.91. The monoisotopic (exact) mass is 219 g/mol. The zero-order chi connectivity index (χ0) is 10.9. The molecule has 0 unspecified atom stereocenters. The van der Waals surface area contributed by atoms with Crippen LogP contribution in [-0.4, -0.2) is 19.6 Å². The number of nitro benzene ring substituents is 1. The number of nitro groups is 1. The molecule has 0 atom stereocenters. The third kappa shape index (κ3) is 1.87. The van der Waals surface area contributed by atoms with Gasteiger partial charge in [0.2, 0.25) is 5.82 Å². The first-order chi connectivity index (χ1) is 6.34. The van der Waals surface area contributed by atoms with Crippen LogP contribution in [0.25, 0.3) is 0 Å². The van der Waals surface area contributed by atoms with E-state index in [-0.39, 0.29) is 0 Å². The number of sulfone groups is 1. The third-order valence-corrected chi connectivity index (χ3v) is 2.66. The van der Waals surface area contributed by atoms with Gasteiger partial charge >= 0.3 is 5.69 Å². The summed E-state index contributed by atoms with van der Waals surface area (Å²) in [5, 5.41) is 10.4. The topological polar surface area (TPSA) is 77.3 Å². The highest BCUT2D eigenvalue weighted by atomic mass is 32.2. The Hall–Kier alpha value is -1.50. The Morgan fingerprint density at radius 1 is 1.43 bits per heavy atom. The Morgan fingerprint density at radius 2 is 2.00 bits per heavy atom.